The minimum Gasteiger partial charge on any atom is -0.455 e. The number of carbonyl (C=O) groups is 2. The Hall–Kier alpha value is -1.69. The fourth-order valence-electron chi connectivity index (χ4n) is 2.10. The van der Waals surface area contributed by atoms with Gasteiger partial charge in [0, 0.05) is 21.5 Å². The first-order valence-corrected chi connectivity index (χ1v) is 9.65. The minimum absolute atomic E-state index is 0.153. The van der Waals surface area contributed by atoms with Gasteiger partial charge in [-0.1, -0.05) is 47.0 Å². The lowest BCUT2D eigenvalue weighted by Gasteiger charge is -2.09. The number of thioether (sulfide) groups is 1. The van der Waals surface area contributed by atoms with Gasteiger partial charge in [-0.3, -0.25) is 9.59 Å². The lowest BCUT2D eigenvalue weighted by molar-refractivity contribution is -0.145. The van der Waals surface area contributed by atoms with Gasteiger partial charge in [-0.25, -0.2) is 0 Å². The first-order chi connectivity index (χ1) is 12.3. The van der Waals surface area contributed by atoms with Crippen molar-refractivity contribution in [1.82, 2.24) is 5.32 Å². The molecule has 26 heavy (non-hydrogen) atoms. The maximum absolute atomic E-state index is 11.8. The fourth-order valence-corrected chi connectivity index (χ4v) is 3.49. The summed E-state index contributed by atoms with van der Waals surface area (Å²) in [5.74, 6) is -0.669. The third-order valence-electron chi connectivity index (χ3n) is 3.54. The second-order valence-electron chi connectivity index (χ2n) is 5.73. The van der Waals surface area contributed by atoms with Crippen LogP contribution < -0.4 is 5.32 Å². The second-order valence-corrected chi connectivity index (χ2v) is 7.59. The van der Waals surface area contributed by atoms with Crippen LogP contribution in [0.2, 0.25) is 10.0 Å². The van der Waals surface area contributed by atoms with Crippen LogP contribution in [0.3, 0.4) is 0 Å². The average Bonchev–Trinajstić information content (AvgIpc) is 2.60. The summed E-state index contributed by atoms with van der Waals surface area (Å²) in [5.41, 5.74) is 2.97. The van der Waals surface area contributed by atoms with Gasteiger partial charge in [-0.15, -0.1) is 11.8 Å². The van der Waals surface area contributed by atoms with Crippen LogP contribution in [0, 0.1) is 13.8 Å². The number of amides is 1. The van der Waals surface area contributed by atoms with Crippen LogP contribution in [-0.2, 0) is 20.9 Å². The molecule has 0 fully saturated rings. The van der Waals surface area contributed by atoms with Gasteiger partial charge in [-0.2, -0.15) is 0 Å². The summed E-state index contributed by atoms with van der Waals surface area (Å²) in [6.45, 7) is 3.91. The zero-order valence-electron chi connectivity index (χ0n) is 14.5. The van der Waals surface area contributed by atoms with E-state index in [1.54, 1.807) is 18.2 Å². The van der Waals surface area contributed by atoms with Crippen molar-refractivity contribution in [3.05, 3.63) is 63.1 Å². The highest BCUT2D eigenvalue weighted by molar-refractivity contribution is 8.00. The molecule has 4 nitrogen and oxygen atoms in total. The van der Waals surface area contributed by atoms with E-state index < -0.39 is 5.97 Å². The van der Waals surface area contributed by atoms with Gasteiger partial charge in [0.15, 0.2) is 6.61 Å². The van der Waals surface area contributed by atoms with Crippen LogP contribution in [0.25, 0.3) is 0 Å². The van der Waals surface area contributed by atoms with E-state index in [2.05, 4.69) is 5.32 Å². The Bertz CT molecular complexity index is 811. The third-order valence-corrected chi connectivity index (χ3v) is 5.26. The van der Waals surface area contributed by atoms with Gasteiger partial charge < -0.3 is 10.1 Å². The molecule has 0 aliphatic heterocycles. The monoisotopic (exact) mass is 411 g/mol. The molecule has 0 saturated heterocycles. The van der Waals surface area contributed by atoms with Gasteiger partial charge >= 0.3 is 5.97 Å². The van der Waals surface area contributed by atoms with E-state index in [4.69, 9.17) is 27.9 Å². The molecule has 7 heteroatoms. The number of rotatable bonds is 7. The number of ether oxygens (including phenoxy) is 1. The predicted molar refractivity (Wildman–Crippen MR) is 106 cm³/mol. The first kappa shape index (κ1) is 20.6. The van der Waals surface area contributed by atoms with E-state index in [0.717, 1.165) is 21.6 Å². The SMILES string of the molecule is Cc1ccc(C)c(SCC(=O)OCC(=O)NCc2ccc(Cl)cc2Cl)c1. The van der Waals surface area contributed by atoms with Gasteiger partial charge in [0.25, 0.3) is 5.91 Å². The maximum Gasteiger partial charge on any atom is 0.316 e. The maximum atomic E-state index is 11.8. The number of hydrogen-bond acceptors (Lipinski definition) is 4. The smallest absolute Gasteiger partial charge is 0.316 e. The van der Waals surface area contributed by atoms with Gasteiger partial charge in [-0.05, 0) is 43.2 Å². The Balaban J connectivity index is 1.73. The molecule has 2 rings (SSSR count). The van der Waals surface area contributed by atoms with Gasteiger partial charge in [0.2, 0.25) is 0 Å². The number of nitrogens with one attached hydrogen (secondary N) is 1. The molecule has 1 amide bonds. The Labute approximate surface area is 167 Å². The van der Waals surface area contributed by atoms with Crippen molar-refractivity contribution in [1.29, 1.82) is 0 Å². The van der Waals surface area contributed by atoms with Crippen LogP contribution in [0.4, 0.5) is 0 Å². The third kappa shape index (κ3) is 6.56. The summed E-state index contributed by atoms with van der Waals surface area (Å²) >= 11 is 13.3. The number of halogens is 2. The number of esters is 1. The molecule has 0 heterocycles. The Kier molecular flexibility index (Phi) is 7.82. The molecule has 0 saturated carbocycles. The quantitative estimate of drug-likeness (QED) is 0.535. The van der Waals surface area contributed by atoms with E-state index >= 15 is 0 Å². The van der Waals surface area contributed by atoms with E-state index in [-0.39, 0.29) is 24.8 Å². The zero-order valence-corrected chi connectivity index (χ0v) is 16.8. The van der Waals surface area contributed by atoms with E-state index in [9.17, 15) is 9.59 Å². The van der Waals surface area contributed by atoms with Crippen LogP contribution in [0.5, 0.6) is 0 Å². The normalized spacial score (nSPS) is 10.5. The van der Waals surface area contributed by atoms with Crippen LogP contribution in [-0.4, -0.2) is 24.2 Å². The lowest BCUT2D eigenvalue weighted by Crippen LogP contribution is -2.28. The molecule has 0 aliphatic carbocycles. The second kappa shape index (κ2) is 9.86. The highest BCUT2D eigenvalue weighted by atomic mass is 35.5. The highest BCUT2D eigenvalue weighted by Gasteiger charge is 2.10. The molecule has 0 unspecified atom stereocenters. The molecular formula is C19H19Cl2NO3S. The molecule has 0 atom stereocenters. The molecule has 0 aromatic heterocycles. The fraction of sp³-hybridized carbons (Fsp3) is 0.263. The van der Waals surface area contributed by atoms with Gasteiger partial charge in [0.1, 0.15) is 0 Å². The van der Waals surface area contributed by atoms with E-state index in [0.29, 0.717) is 10.0 Å². The lowest BCUT2D eigenvalue weighted by atomic mass is 10.2. The highest BCUT2D eigenvalue weighted by Crippen LogP contribution is 2.23. The number of hydrogen-bond donors (Lipinski definition) is 1. The molecule has 0 aliphatic rings. The van der Waals surface area contributed by atoms with Crippen LogP contribution >= 0.6 is 35.0 Å². The zero-order chi connectivity index (χ0) is 19.1. The van der Waals surface area contributed by atoms with E-state index in [1.165, 1.54) is 11.8 Å². The molecule has 0 radical (unpaired) electrons. The molecule has 138 valence electrons. The standard InChI is InChI=1S/C19H19Cl2NO3S/c1-12-3-4-13(2)17(7-12)26-11-19(24)25-10-18(23)22-9-14-5-6-15(20)8-16(14)21/h3-8H,9-11H2,1-2H3,(H,22,23). The molecular weight excluding hydrogens is 393 g/mol. The van der Waals surface area contributed by atoms with Crippen LogP contribution in [0.1, 0.15) is 16.7 Å². The molecule has 2 aromatic rings. The average molecular weight is 412 g/mol. The summed E-state index contributed by atoms with van der Waals surface area (Å²) < 4.78 is 5.01. The van der Waals surface area contributed by atoms with Gasteiger partial charge in [0.05, 0.1) is 5.75 Å². The number of aryl methyl sites for hydroxylation is 2. The summed E-state index contributed by atoms with van der Waals surface area (Å²) in [6, 6.07) is 11.1. The van der Waals surface area contributed by atoms with Crippen molar-refractivity contribution in [3.8, 4) is 0 Å². The van der Waals surface area contributed by atoms with Crippen molar-refractivity contribution >= 4 is 46.8 Å². The summed E-state index contributed by atoms with van der Waals surface area (Å²) in [6.07, 6.45) is 0. The van der Waals surface area contributed by atoms with Crippen molar-refractivity contribution < 1.29 is 14.3 Å². The summed E-state index contributed by atoms with van der Waals surface area (Å²) in [7, 11) is 0. The summed E-state index contributed by atoms with van der Waals surface area (Å²) in [5, 5.41) is 3.65. The molecule has 0 spiro atoms. The predicted octanol–water partition coefficient (Wildman–Crippen LogP) is 4.56. The Morgan fingerprint density at radius 2 is 1.88 bits per heavy atom. The topological polar surface area (TPSA) is 55.4 Å². The number of carbonyl (C=O) groups excluding carboxylic acids is 2. The van der Waals surface area contributed by atoms with Crippen molar-refractivity contribution in [2.24, 2.45) is 0 Å². The van der Waals surface area contributed by atoms with Crippen LogP contribution in [0.15, 0.2) is 41.3 Å². The summed E-state index contributed by atoms with van der Waals surface area (Å²) in [4.78, 5) is 24.7. The van der Waals surface area contributed by atoms with Crippen molar-refractivity contribution in [2.75, 3.05) is 12.4 Å². The largest absolute Gasteiger partial charge is 0.455 e. The van der Waals surface area contributed by atoms with Crippen molar-refractivity contribution in [2.45, 2.75) is 25.3 Å². The molecule has 2 aromatic carbocycles. The molecule has 1 N–H and O–H groups in total. The molecule has 0 bridgehead atoms. The number of benzene rings is 2. The Morgan fingerprint density at radius 1 is 1.12 bits per heavy atom. The minimum atomic E-state index is -0.435. The van der Waals surface area contributed by atoms with Crippen molar-refractivity contribution in [3.63, 3.8) is 0 Å². The Morgan fingerprint density at radius 3 is 2.62 bits per heavy atom. The first-order valence-electron chi connectivity index (χ1n) is 7.91. The van der Waals surface area contributed by atoms with E-state index in [1.807, 2.05) is 32.0 Å².